The van der Waals surface area contributed by atoms with Crippen molar-refractivity contribution in [2.24, 2.45) is 0 Å². The molecule has 12 heteroatoms. The number of carbonyl (C=O) groups excluding carboxylic acids is 3. The molecule has 228 valence electrons. The maximum absolute atomic E-state index is 15.2. The molecule has 3 amide bonds. The Balaban J connectivity index is 1.24. The molecule has 0 bridgehead atoms. The molecule has 2 saturated heterocycles. The van der Waals surface area contributed by atoms with Gasteiger partial charge in [0.25, 0.3) is 5.91 Å². The molecule has 1 N–H and O–H groups in total. The third-order valence-electron chi connectivity index (χ3n) is 6.75. The molecule has 2 aliphatic rings. The third-order valence-corrected chi connectivity index (χ3v) is 6.75. The van der Waals surface area contributed by atoms with E-state index in [4.69, 9.17) is 14.2 Å². The summed E-state index contributed by atoms with van der Waals surface area (Å²) in [5.41, 5.74) is 1.28. The van der Waals surface area contributed by atoms with Gasteiger partial charge < -0.3 is 34.2 Å². The number of nitrogens with one attached hydrogen (secondary N) is 1. The zero-order chi connectivity index (χ0) is 30.4. The van der Waals surface area contributed by atoms with Crippen LogP contribution in [0.4, 0.5) is 25.4 Å². The van der Waals surface area contributed by atoms with Gasteiger partial charge in [0, 0.05) is 32.7 Å². The highest BCUT2D eigenvalue weighted by Crippen LogP contribution is 2.28. The van der Waals surface area contributed by atoms with Gasteiger partial charge in [0.2, 0.25) is 0 Å². The van der Waals surface area contributed by atoms with E-state index in [9.17, 15) is 14.4 Å². The summed E-state index contributed by atoms with van der Waals surface area (Å²) in [5, 5.41) is 2.59. The van der Waals surface area contributed by atoms with E-state index in [1.807, 2.05) is 43.3 Å². The molecule has 11 nitrogen and oxygen atoms in total. The number of carbonyl (C=O) groups is 3. The van der Waals surface area contributed by atoms with Gasteiger partial charge in [-0.3, -0.25) is 9.69 Å². The Morgan fingerprint density at radius 3 is 2.38 bits per heavy atom. The highest BCUT2D eigenvalue weighted by atomic mass is 19.1. The molecule has 42 heavy (non-hydrogen) atoms. The smallest absolute Gasteiger partial charge is 0.414 e. The van der Waals surface area contributed by atoms with Gasteiger partial charge in [-0.25, -0.2) is 14.0 Å². The average molecular weight is 586 g/mol. The number of nitrogens with zero attached hydrogens (tertiary/aromatic N) is 4. The number of hydrogen-bond acceptors (Lipinski definition) is 8. The number of halogens is 1. The number of benzene rings is 2. The summed E-state index contributed by atoms with van der Waals surface area (Å²) in [4.78, 5) is 44.0. The van der Waals surface area contributed by atoms with Gasteiger partial charge in [0.05, 0.1) is 24.5 Å². The second-order valence-electron chi connectivity index (χ2n) is 11.7. The predicted octanol–water partition coefficient (Wildman–Crippen LogP) is 3.46. The summed E-state index contributed by atoms with van der Waals surface area (Å²) < 4.78 is 31.4. The lowest BCUT2D eigenvalue weighted by atomic mass is 10.2. The summed E-state index contributed by atoms with van der Waals surface area (Å²) in [6.45, 7) is 8.08. The molecule has 2 aromatic carbocycles. The van der Waals surface area contributed by atoms with Crippen molar-refractivity contribution in [3.63, 3.8) is 0 Å². The maximum Gasteiger partial charge on any atom is 0.414 e. The number of anilines is 2. The van der Waals surface area contributed by atoms with E-state index in [1.165, 1.54) is 11.0 Å². The van der Waals surface area contributed by atoms with Crippen LogP contribution in [0.5, 0.6) is 5.75 Å². The summed E-state index contributed by atoms with van der Waals surface area (Å²) in [5.74, 6) is 0.0433. The number of ether oxygens (including phenoxy) is 3. The minimum atomic E-state index is -0.641. The molecule has 0 unspecified atom stereocenters. The second kappa shape index (κ2) is 13.3. The van der Waals surface area contributed by atoms with Crippen LogP contribution in [0, 0.1) is 5.82 Å². The van der Waals surface area contributed by atoms with Gasteiger partial charge in [0.15, 0.2) is 6.61 Å². The molecule has 1 atom stereocenters. The van der Waals surface area contributed by atoms with E-state index in [0.717, 1.165) is 12.1 Å². The number of piperazine rings is 1. The summed E-state index contributed by atoms with van der Waals surface area (Å²) >= 11 is 0. The van der Waals surface area contributed by atoms with Crippen LogP contribution in [0.15, 0.2) is 42.5 Å². The number of alkyl carbamates (subject to hydrolysis) is 1. The normalized spacial score (nSPS) is 17.4. The Morgan fingerprint density at radius 1 is 1.07 bits per heavy atom. The van der Waals surface area contributed by atoms with Crippen LogP contribution in [0.25, 0.3) is 0 Å². The van der Waals surface area contributed by atoms with Gasteiger partial charge >= 0.3 is 12.2 Å². The largest absolute Gasteiger partial charge is 0.484 e. The van der Waals surface area contributed by atoms with Crippen LogP contribution in [0.3, 0.4) is 0 Å². The van der Waals surface area contributed by atoms with Crippen molar-refractivity contribution in [2.75, 3.05) is 69.8 Å². The Kier molecular flexibility index (Phi) is 9.77. The first-order valence-electron chi connectivity index (χ1n) is 14.0. The van der Waals surface area contributed by atoms with Crippen LogP contribution < -0.4 is 19.9 Å². The van der Waals surface area contributed by atoms with E-state index < -0.39 is 29.7 Å². The van der Waals surface area contributed by atoms with Crippen molar-refractivity contribution < 1.29 is 33.0 Å². The zero-order valence-electron chi connectivity index (χ0n) is 24.9. The average Bonchev–Trinajstić information content (AvgIpc) is 3.30. The van der Waals surface area contributed by atoms with Gasteiger partial charge in [-0.2, -0.15) is 0 Å². The van der Waals surface area contributed by atoms with E-state index in [0.29, 0.717) is 43.3 Å². The van der Waals surface area contributed by atoms with E-state index in [2.05, 4.69) is 10.2 Å². The SMILES string of the molecule is CN(C)Cc1ccc(OCC(=O)N2CCN(c3ccc(N4C[C@H](CNC(=O)OC(C)(C)C)OC4=O)cc3F)CC2)cc1. The molecule has 0 aromatic heterocycles. The van der Waals surface area contributed by atoms with Crippen molar-refractivity contribution >= 4 is 29.5 Å². The fraction of sp³-hybridized carbons (Fsp3) is 0.500. The summed E-state index contributed by atoms with van der Waals surface area (Å²) in [6, 6.07) is 12.3. The summed E-state index contributed by atoms with van der Waals surface area (Å²) in [7, 11) is 4.01. The van der Waals surface area contributed by atoms with Crippen LogP contribution in [0.2, 0.25) is 0 Å². The quantitative estimate of drug-likeness (QED) is 0.477. The number of amides is 3. The van der Waals surface area contributed by atoms with Gasteiger partial charge in [0.1, 0.15) is 23.3 Å². The zero-order valence-corrected chi connectivity index (χ0v) is 24.9. The van der Waals surface area contributed by atoms with Gasteiger partial charge in [-0.1, -0.05) is 12.1 Å². The van der Waals surface area contributed by atoms with Gasteiger partial charge in [-0.15, -0.1) is 0 Å². The van der Waals surface area contributed by atoms with Crippen molar-refractivity contribution in [1.82, 2.24) is 15.1 Å². The highest BCUT2D eigenvalue weighted by molar-refractivity contribution is 5.90. The Bertz CT molecular complexity index is 1260. The van der Waals surface area contributed by atoms with Crippen LogP contribution >= 0.6 is 0 Å². The van der Waals surface area contributed by atoms with Crippen molar-refractivity contribution in [3.05, 3.63) is 53.8 Å². The fourth-order valence-electron chi connectivity index (χ4n) is 4.76. The van der Waals surface area contributed by atoms with Crippen LogP contribution in [-0.2, 0) is 20.8 Å². The molecular weight excluding hydrogens is 545 g/mol. The van der Waals surface area contributed by atoms with Gasteiger partial charge in [-0.05, 0) is 70.8 Å². The van der Waals surface area contributed by atoms with Crippen molar-refractivity contribution in [2.45, 2.75) is 39.0 Å². The highest BCUT2D eigenvalue weighted by Gasteiger charge is 2.33. The number of hydrogen-bond donors (Lipinski definition) is 1. The fourth-order valence-corrected chi connectivity index (χ4v) is 4.76. The van der Waals surface area contributed by atoms with E-state index >= 15 is 4.39 Å². The Morgan fingerprint density at radius 2 is 1.76 bits per heavy atom. The van der Waals surface area contributed by atoms with E-state index in [1.54, 1.807) is 37.8 Å². The Labute approximate surface area is 246 Å². The first-order chi connectivity index (χ1) is 19.9. The molecule has 4 rings (SSSR count). The van der Waals surface area contributed by atoms with Crippen LogP contribution in [-0.4, -0.2) is 99.6 Å². The van der Waals surface area contributed by atoms with Crippen LogP contribution in [0.1, 0.15) is 26.3 Å². The molecule has 2 fully saturated rings. The first kappa shape index (κ1) is 30.9. The lowest BCUT2D eigenvalue weighted by Gasteiger charge is -2.36. The lowest BCUT2D eigenvalue weighted by molar-refractivity contribution is -0.133. The number of rotatable bonds is 9. The Hall–Kier alpha value is -4.06. The standard InChI is InChI=1S/C30H40FN5O6/c1-30(2,3)42-28(38)32-17-24-19-36(29(39)41-24)22-8-11-26(25(31)16-22)34-12-14-35(15-13-34)27(37)20-40-23-9-6-21(7-10-23)18-33(4)5/h6-11,16,24H,12-15,17-20H2,1-5H3,(H,32,38)/t24-/m0/s1. The molecule has 0 saturated carbocycles. The third kappa shape index (κ3) is 8.48. The van der Waals surface area contributed by atoms with Crippen molar-refractivity contribution in [3.8, 4) is 5.75 Å². The molecular formula is C30H40FN5O6. The molecule has 0 radical (unpaired) electrons. The van der Waals surface area contributed by atoms with Crippen molar-refractivity contribution in [1.29, 1.82) is 0 Å². The minimum absolute atomic E-state index is 0.0592. The molecule has 0 spiro atoms. The monoisotopic (exact) mass is 585 g/mol. The number of cyclic esters (lactones) is 1. The second-order valence-corrected chi connectivity index (χ2v) is 11.7. The molecule has 0 aliphatic carbocycles. The van der Waals surface area contributed by atoms with E-state index in [-0.39, 0.29) is 25.6 Å². The maximum atomic E-state index is 15.2. The summed E-state index contributed by atoms with van der Waals surface area (Å²) in [6.07, 6.45) is -1.81. The lowest BCUT2D eigenvalue weighted by Crippen LogP contribution is -2.50. The molecule has 2 aliphatic heterocycles. The molecule has 2 aromatic rings. The minimum Gasteiger partial charge on any atom is -0.484 e. The topological polar surface area (TPSA) is 104 Å². The molecule has 2 heterocycles. The predicted molar refractivity (Wildman–Crippen MR) is 156 cm³/mol. The first-order valence-corrected chi connectivity index (χ1v) is 14.0.